The maximum Gasteiger partial charge on any atom is 0.162 e. The van der Waals surface area contributed by atoms with Crippen LogP contribution in [0.2, 0.25) is 5.02 Å². The van der Waals surface area contributed by atoms with Gasteiger partial charge in [0.25, 0.3) is 0 Å². The Morgan fingerprint density at radius 3 is 2.70 bits per heavy atom. The van der Waals surface area contributed by atoms with Crippen LogP contribution < -0.4 is 10.1 Å². The molecule has 0 atom stereocenters. The lowest BCUT2D eigenvalue weighted by Crippen LogP contribution is -2.45. The molecule has 1 fully saturated rings. The highest BCUT2D eigenvalue weighted by atomic mass is 35.5. The molecular weight excluding hydrogens is 278 g/mol. The molecular formula is C15H22ClNO3. The van der Waals surface area contributed by atoms with Gasteiger partial charge in [-0.1, -0.05) is 18.5 Å². The lowest BCUT2D eigenvalue weighted by atomic mass is 10.2. The molecule has 0 bridgehead atoms. The molecule has 20 heavy (non-hydrogen) atoms. The van der Waals surface area contributed by atoms with Gasteiger partial charge in [0.2, 0.25) is 0 Å². The molecule has 1 heterocycles. The van der Waals surface area contributed by atoms with Crippen LogP contribution in [0.4, 0.5) is 5.69 Å². The van der Waals surface area contributed by atoms with Crippen LogP contribution in [0.15, 0.2) is 18.2 Å². The van der Waals surface area contributed by atoms with E-state index in [4.69, 9.17) is 25.8 Å². The smallest absolute Gasteiger partial charge is 0.162 e. The molecule has 1 saturated heterocycles. The summed E-state index contributed by atoms with van der Waals surface area (Å²) in [6.07, 6.45) is 0.964. The minimum atomic E-state index is -0.506. The maximum atomic E-state index is 6.06. The highest BCUT2D eigenvalue weighted by Gasteiger charge is 2.28. The van der Waals surface area contributed by atoms with Crippen molar-refractivity contribution in [3.63, 3.8) is 0 Å². The van der Waals surface area contributed by atoms with E-state index in [1.165, 1.54) is 0 Å². The number of hydrogen-bond acceptors (Lipinski definition) is 4. The van der Waals surface area contributed by atoms with Gasteiger partial charge in [-0.2, -0.15) is 0 Å². The van der Waals surface area contributed by atoms with Crippen molar-refractivity contribution < 1.29 is 14.2 Å². The Morgan fingerprint density at radius 2 is 2.05 bits per heavy atom. The summed E-state index contributed by atoms with van der Waals surface area (Å²) in [5, 5.41) is 4.05. The molecule has 1 aromatic carbocycles. The van der Waals surface area contributed by atoms with E-state index < -0.39 is 5.79 Å². The zero-order valence-corrected chi connectivity index (χ0v) is 13.0. The minimum Gasteiger partial charge on any atom is -0.491 e. The van der Waals surface area contributed by atoms with Gasteiger partial charge in [-0.3, -0.25) is 0 Å². The Bertz CT molecular complexity index is 441. The highest BCUT2D eigenvalue weighted by molar-refractivity contribution is 6.30. The van der Waals surface area contributed by atoms with E-state index >= 15 is 0 Å². The minimum absolute atomic E-state index is 0.0884. The van der Waals surface area contributed by atoms with Crippen molar-refractivity contribution >= 4 is 17.3 Å². The average Bonchev–Trinajstić information content (AvgIpc) is 2.40. The standard InChI is InChI=1S/C15H22ClNO3/c1-4-7-18-14-6-5-11(16)8-13(14)17-12-9-19-15(2,3)20-10-12/h5-6,8,12,17H,4,7,9-10H2,1-3H3. The lowest BCUT2D eigenvalue weighted by Gasteiger charge is -2.35. The molecule has 1 N–H and O–H groups in total. The van der Waals surface area contributed by atoms with E-state index in [2.05, 4.69) is 12.2 Å². The largest absolute Gasteiger partial charge is 0.491 e. The van der Waals surface area contributed by atoms with E-state index in [1.54, 1.807) is 0 Å². The number of benzene rings is 1. The van der Waals surface area contributed by atoms with Crippen molar-refractivity contribution in [2.75, 3.05) is 25.1 Å². The highest BCUT2D eigenvalue weighted by Crippen LogP contribution is 2.30. The van der Waals surface area contributed by atoms with Gasteiger partial charge >= 0.3 is 0 Å². The first kappa shape index (κ1) is 15.4. The van der Waals surface area contributed by atoms with Crippen molar-refractivity contribution in [2.24, 2.45) is 0 Å². The van der Waals surface area contributed by atoms with Gasteiger partial charge in [0.05, 0.1) is 31.5 Å². The van der Waals surface area contributed by atoms with Crippen molar-refractivity contribution in [3.8, 4) is 5.75 Å². The summed E-state index contributed by atoms with van der Waals surface area (Å²) in [5.74, 6) is 0.301. The van der Waals surface area contributed by atoms with E-state index in [9.17, 15) is 0 Å². The molecule has 1 aliphatic heterocycles. The van der Waals surface area contributed by atoms with Gasteiger partial charge in [-0.25, -0.2) is 0 Å². The van der Waals surface area contributed by atoms with Crippen molar-refractivity contribution in [3.05, 3.63) is 23.2 Å². The van der Waals surface area contributed by atoms with Crippen LogP contribution in [0.1, 0.15) is 27.2 Å². The molecule has 0 unspecified atom stereocenters. The molecule has 5 heteroatoms. The van der Waals surface area contributed by atoms with Gasteiger partial charge in [-0.05, 0) is 38.5 Å². The zero-order chi connectivity index (χ0) is 14.6. The average molecular weight is 300 g/mol. The summed E-state index contributed by atoms with van der Waals surface area (Å²) in [5.41, 5.74) is 0.878. The Kier molecular flexibility index (Phi) is 5.13. The maximum absolute atomic E-state index is 6.06. The summed E-state index contributed by atoms with van der Waals surface area (Å²) >= 11 is 6.06. The van der Waals surface area contributed by atoms with Crippen LogP contribution in [0.3, 0.4) is 0 Å². The number of rotatable bonds is 5. The second-order valence-electron chi connectivity index (χ2n) is 5.35. The van der Waals surface area contributed by atoms with Crippen LogP contribution in [0.25, 0.3) is 0 Å². The molecule has 1 aliphatic rings. The normalized spacial score (nSPS) is 18.8. The topological polar surface area (TPSA) is 39.7 Å². The van der Waals surface area contributed by atoms with Gasteiger partial charge in [0, 0.05) is 5.02 Å². The molecule has 1 aromatic rings. The summed E-state index contributed by atoms with van der Waals surface area (Å²) < 4.78 is 17.0. The molecule has 0 aliphatic carbocycles. The van der Waals surface area contributed by atoms with Crippen LogP contribution >= 0.6 is 11.6 Å². The van der Waals surface area contributed by atoms with Gasteiger partial charge in [0.1, 0.15) is 5.75 Å². The monoisotopic (exact) mass is 299 g/mol. The van der Waals surface area contributed by atoms with Crippen LogP contribution in [0, 0.1) is 0 Å². The van der Waals surface area contributed by atoms with Gasteiger partial charge < -0.3 is 19.5 Å². The van der Waals surface area contributed by atoms with Crippen molar-refractivity contribution in [1.82, 2.24) is 0 Å². The Morgan fingerprint density at radius 1 is 1.35 bits per heavy atom. The third-order valence-electron chi connectivity index (χ3n) is 3.03. The second kappa shape index (κ2) is 6.66. The number of halogens is 1. The Balaban J connectivity index is 2.02. The molecule has 0 saturated carbocycles. The van der Waals surface area contributed by atoms with E-state index in [0.717, 1.165) is 17.9 Å². The van der Waals surface area contributed by atoms with Crippen molar-refractivity contribution in [1.29, 1.82) is 0 Å². The summed E-state index contributed by atoms with van der Waals surface area (Å²) in [7, 11) is 0. The first-order chi connectivity index (χ1) is 9.50. The van der Waals surface area contributed by atoms with Crippen molar-refractivity contribution in [2.45, 2.75) is 39.0 Å². The van der Waals surface area contributed by atoms with Crippen LogP contribution in [0.5, 0.6) is 5.75 Å². The molecule has 112 valence electrons. The molecule has 2 rings (SSSR count). The van der Waals surface area contributed by atoms with E-state index in [1.807, 2.05) is 32.0 Å². The fourth-order valence-corrected chi connectivity index (χ4v) is 2.12. The summed E-state index contributed by atoms with van der Waals surface area (Å²) in [6.45, 7) is 7.77. The quantitative estimate of drug-likeness (QED) is 0.900. The molecule has 0 amide bonds. The van der Waals surface area contributed by atoms with E-state index in [0.29, 0.717) is 24.8 Å². The first-order valence-electron chi connectivity index (χ1n) is 6.97. The number of nitrogens with one attached hydrogen (secondary N) is 1. The van der Waals surface area contributed by atoms with E-state index in [-0.39, 0.29) is 6.04 Å². The van der Waals surface area contributed by atoms with Gasteiger partial charge in [-0.15, -0.1) is 0 Å². The Hall–Kier alpha value is -0.970. The summed E-state index contributed by atoms with van der Waals surface area (Å²) in [4.78, 5) is 0. The third kappa shape index (κ3) is 4.27. The number of hydrogen-bond donors (Lipinski definition) is 1. The second-order valence-corrected chi connectivity index (χ2v) is 5.79. The Labute approximate surface area is 125 Å². The predicted octanol–water partition coefficient (Wildman–Crippen LogP) is 3.69. The predicted molar refractivity (Wildman–Crippen MR) is 80.6 cm³/mol. The summed E-state index contributed by atoms with van der Waals surface area (Å²) in [6, 6.07) is 5.67. The molecule has 4 nitrogen and oxygen atoms in total. The first-order valence-corrected chi connectivity index (χ1v) is 7.35. The lowest BCUT2D eigenvalue weighted by molar-refractivity contribution is -0.247. The fraction of sp³-hybridized carbons (Fsp3) is 0.600. The van der Waals surface area contributed by atoms with Crippen LogP contribution in [-0.2, 0) is 9.47 Å². The molecule has 0 radical (unpaired) electrons. The molecule has 0 aromatic heterocycles. The number of anilines is 1. The number of ether oxygens (including phenoxy) is 3. The fourth-order valence-electron chi connectivity index (χ4n) is 1.95. The zero-order valence-electron chi connectivity index (χ0n) is 12.2. The third-order valence-corrected chi connectivity index (χ3v) is 3.26. The van der Waals surface area contributed by atoms with Crippen LogP contribution in [-0.4, -0.2) is 31.6 Å². The van der Waals surface area contributed by atoms with Gasteiger partial charge in [0.15, 0.2) is 5.79 Å². The molecule has 0 spiro atoms. The SMILES string of the molecule is CCCOc1ccc(Cl)cc1NC1COC(C)(C)OC1.